The Hall–Kier alpha value is -3.41. The molecule has 1 N–H and O–H groups in total. The number of nitro groups is 1. The molecule has 0 unspecified atom stereocenters. The lowest BCUT2D eigenvalue weighted by Crippen LogP contribution is -1.96. The molecule has 0 aliphatic rings. The number of hydrogen-bond donors (Lipinski definition) is 1. The van der Waals surface area contributed by atoms with Gasteiger partial charge in [-0.05, 0) is 54.6 Å². The Bertz CT molecular complexity index is 849. The van der Waals surface area contributed by atoms with E-state index in [-0.39, 0.29) is 11.5 Å². The van der Waals surface area contributed by atoms with E-state index in [0.717, 1.165) is 0 Å². The van der Waals surface area contributed by atoms with Crippen LogP contribution in [0.1, 0.15) is 0 Å². The molecule has 0 radical (unpaired) electrons. The van der Waals surface area contributed by atoms with Gasteiger partial charge in [0.15, 0.2) is 0 Å². The minimum absolute atomic E-state index is 0.00383. The van der Waals surface area contributed by atoms with E-state index < -0.39 is 4.92 Å². The van der Waals surface area contributed by atoms with E-state index in [2.05, 4.69) is 5.32 Å². The van der Waals surface area contributed by atoms with Crippen LogP contribution < -0.4 is 10.1 Å². The van der Waals surface area contributed by atoms with Crippen molar-refractivity contribution in [3.63, 3.8) is 0 Å². The van der Waals surface area contributed by atoms with Crippen LogP contribution in [0, 0.1) is 15.9 Å². The molecular formula is C18H13FN2O3. The maximum absolute atomic E-state index is 12.9. The summed E-state index contributed by atoms with van der Waals surface area (Å²) in [5.41, 5.74) is 1.11. The molecule has 0 aliphatic heterocycles. The van der Waals surface area contributed by atoms with Gasteiger partial charge >= 0.3 is 0 Å². The van der Waals surface area contributed by atoms with Crippen LogP contribution in [-0.2, 0) is 0 Å². The molecule has 0 saturated carbocycles. The SMILES string of the molecule is O=[N+]([O-])c1ccccc1Nc1ccc(Oc2ccc(F)cc2)cc1. The van der Waals surface area contributed by atoms with E-state index in [9.17, 15) is 14.5 Å². The second-order valence-corrected chi connectivity index (χ2v) is 4.98. The van der Waals surface area contributed by atoms with Crippen molar-refractivity contribution in [1.29, 1.82) is 0 Å². The number of nitro benzene ring substituents is 1. The molecule has 5 nitrogen and oxygen atoms in total. The fourth-order valence-electron chi connectivity index (χ4n) is 2.14. The molecule has 3 rings (SSSR count). The maximum Gasteiger partial charge on any atom is 0.292 e. The molecule has 24 heavy (non-hydrogen) atoms. The molecule has 6 heteroatoms. The molecule has 0 aromatic heterocycles. The summed E-state index contributed by atoms with van der Waals surface area (Å²) < 4.78 is 18.5. The van der Waals surface area contributed by atoms with Gasteiger partial charge in [0.25, 0.3) is 5.69 Å². The van der Waals surface area contributed by atoms with Gasteiger partial charge in [0, 0.05) is 11.8 Å². The van der Waals surface area contributed by atoms with E-state index in [4.69, 9.17) is 4.74 Å². The van der Waals surface area contributed by atoms with Crippen LogP contribution in [0.4, 0.5) is 21.5 Å². The Morgan fingerprint density at radius 3 is 2.08 bits per heavy atom. The molecule has 0 amide bonds. The number of nitrogens with one attached hydrogen (secondary N) is 1. The molecule has 0 bridgehead atoms. The van der Waals surface area contributed by atoms with Crippen LogP contribution in [0.5, 0.6) is 11.5 Å². The fourth-order valence-corrected chi connectivity index (χ4v) is 2.14. The highest BCUT2D eigenvalue weighted by Gasteiger charge is 2.12. The van der Waals surface area contributed by atoms with Crippen LogP contribution in [0.15, 0.2) is 72.8 Å². The summed E-state index contributed by atoms with van der Waals surface area (Å²) in [6, 6.07) is 19.1. The van der Waals surface area contributed by atoms with E-state index in [1.165, 1.54) is 30.3 Å². The zero-order valence-electron chi connectivity index (χ0n) is 12.5. The van der Waals surface area contributed by atoms with Crippen LogP contribution in [-0.4, -0.2) is 4.92 Å². The number of hydrogen-bond acceptors (Lipinski definition) is 4. The molecule has 3 aromatic rings. The summed E-state index contributed by atoms with van der Waals surface area (Å²) in [5, 5.41) is 14.0. The third-order valence-electron chi connectivity index (χ3n) is 3.28. The van der Waals surface area contributed by atoms with Crippen LogP contribution in [0.25, 0.3) is 0 Å². The number of nitrogens with zero attached hydrogens (tertiary/aromatic N) is 1. The quantitative estimate of drug-likeness (QED) is 0.513. The Morgan fingerprint density at radius 1 is 0.875 bits per heavy atom. The van der Waals surface area contributed by atoms with Gasteiger partial charge < -0.3 is 10.1 Å². The van der Waals surface area contributed by atoms with E-state index in [1.807, 2.05) is 0 Å². The summed E-state index contributed by atoms with van der Waals surface area (Å²) in [7, 11) is 0. The first-order chi connectivity index (χ1) is 11.6. The summed E-state index contributed by atoms with van der Waals surface area (Å²) in [4.78, 5) is 10.6. The normalized spacial score (nSPS) is 10.2. The van der Waals surface area contributed by atoms with Gasteiger partial charge in [0.2, 0.25) is 0 Å². The molecule has 0 aliphatic carbocycles. The molecular weight excluding hydrogens is 311 g/mol. The van der Waals surface area contributed by atoms with Gasteiger partial charge in [-0.2, -0.15) is 0 Å². The molecule has 0 fully saturated rings. The second-order valence-electron chi connectivity index (χ2n) is 4.98. The van der Waals surface area contributed by atoms with Crippen LogP contribution in [0.3, 0.4) is 0 Å². The Kier molecular flexibility index (Phi) is 4.38. The highest BCUT2D eigenvalue weighted by atomic mass is 19.1. The van der Waals surface area contributed by atoms with Crippen molar-refractivity contribution in [1.82, 2.24) is 0 Å². The van der Waals surface area contributed by atoms with Gasteiger partial charge in [-0.3, -0.25) is 10.1 Å². The first kappa shape index (κ1) is 15.5. The van der Waals surface area contributed by atoms with E-state index in [0.29, 0.717) is 22.9 Å². The van der Waals surface area contributed by atoms with E-state index >= 15 is 0 Å². The maximum atomic E-state index is 12.9. The van der Waals surface area contributed by atoms with Gasteiger partial charge in [0.05, 0.1) is 4.92 Å². The lowest BCUT2D eigenvalue weighted by Gasteiger charge is -2.09. The van der Waals surface area contributed by atoms with Crippen molar-refractivity contribution >= 4 is 17.1 Å². The highest BCUT2D eigenvalue weighted by Crippen LogP contribution is 2.29. The number of para-hydroxylation sites is 2. The zero-order chi connectivity index (χ0) is 16.9. The smallest absolute Gasteiger partial charge is 0.292 e. The monoisotopic (exact) mass is 324 g/mol. The van der Waals surface area contributed by atoms with Crippen molar-refractivity contribution in [2.75, 3.05) is 5.32 Å². The van der Waals surface area contributed by atoms with Gasteiger partial charge in [-0.15, -0.1) is 0 Å². The third-order valence-corrected chi connectivity index (χ3v) is 3.28. The van der Waals surface area contributed by atoms with Gasteiger partial charge in [-0.25, -0.2) is 4.39 Å². The van der Waals surface area contributed by atoms with Crippen molar-refractivity contribution in [2.24, 2.45) is 0 Å². The Balaban J connectivity index is 1.73. The fraction of sp³-hybridized carbons (Fsp3) is 0. The first-order valence-corrected chi connectivity index (χ1v) is 7.16. The molecule has 0 spiro atoms. The number of benzene rings is 3. The largest absolute Gasteiger partial charge is 0.457 e. The predicted molar refractivity (Wildman–Crippen MR) is 89.3 cm³/mol. The van der Waals surface area contributed by atoms with Crippen molar-refractivity contribution < 1.29 is 14.1 Å². The van der Waals surface area contributed by atoms with Gasteiger partial charge in [-0.1, -0.05) is 12.1 Å². The molecule has 3 aromatic carbocycles. The van der Waals surface area contributed by atoms with Crippen molar-refractivity contribution in [3.8, 4) is 11.5 Å². The van der Waals surface area contributed by atoms with Crippen molar-refractivity contribution in [2.45, 2.75) is 0 Å². The van der Waals surface area contributed by atoms with Crippen molar-refractivity contribution in [3.05, 3.63) is 88.7 Å². The average Bonchev–Trinajstić information content (AvgIpc) is 2.59. The minimum atomic E-state index is -0.436. The number of rotatable bonds is 5. The van der Waals surface area contributed by atoms with E-state index in [1.54, 1.807) is 42.5 Å². The lowest BCUT2D eigenvalue weighted by atomic mass is 10.2. The summed E-state index contributed by atoms with van der Waals surface area (Å²) in [5.74, 6) is 0.775. The Labute approximate surface area is 137 Å². The second kappa shape index (κ2) is 6.78. The predicted octanol–water partition coefficient (Wildman–Crippen LogP) is 5.27. The highest BCUT2D eigenvalue weighted by molar-refractivity contribution is 5.69. The minimum Gasteiger partial charge on any atom is -0.457 e. The Morgan fingerprint density at radius 2 is 1.46 bits per heavy atom. The topological polar surface area (TPSA) is 64.4 Å². The molecule has 0 saturated heterocycles. The van der Waals surface area contributed by atoms with Crippen LogP contribution in [0.2, 0.25) is 0 Å². The molecule has 0 atom stereocenters. The standard InChI is InChI=1S/C18H13FN2O3/c19-13-5-9-15(10-6-13)24-16-11-7-14(8-12-16)20-17-3-1-2-4-18(17)21(22)23/h1-12,20H. The summed E-state index contributed by atoms with van der Waals surface area (Å²) >= 11 is 0. The first-order valence-electron chi connectivity index (χ1n) is 7.16. The zero-order valence-corrected chi connectivity index (χ0v) is 12.5. The number of anilines is 2. The number of halogens is 1. The average molecular weight is 324 g/mol. The molecule has 120 valence electrons. The molecule has 0 heterocycles. The third kappa shape index (κ3) is 3.67. The van der Waals surface area contributed by atoms with Crippen LogP contribution >= 0.6 is 0 Å². The summed E-state index contributed by atoms with van der Waals surface area (Å²) in [6.07, 6.45) is 0. The lowest BCUT2D eigenvalue weighted by molar-refractivity contribution is -0.383. The van der Waals surface area contributed by atoms with Gasteiger partial charge in [0.1, 0.15) is 23.0 Å². The summed E-state index contributed by atoms with van der Waals surface area (Å²) in [6.45, 7) is 0. The number of ether oxygens (including phenoxy) is 1.